The van der Waals surface area contributed by atoms with Gasteiger partial charge in [-0.25, -0.2) is 8.42 Å². The molecule has 1 aliphatic heterocycles. The fourth-order valence-corrected chi connectivity index (χ4v) is 4.32. The highest BCUT2D eigenvalue weighted by molar-refractivity contribution is 7.92. The summed E-state index contributed by atoms with van der Waals surface area (Å²) in [6, 6.07) is 9.07. The van der Waals surface area contributed by atoms with Gasteiger partial charge in [0.25, 0.3) is 0 Å². The molecule has 2 aromatic rings. The zero-order valence-electron chi connectivity index (χ0n) is 14.8. The summed E-state index contributed by atoms with van der Waals surface area (Å²) in [5, 5.41) is 10.2. The van der Waals surface area contributed by atoms with Crippen molar-refractivity contribution in [3.63, 3.8) is 0 Å². The molecule has 1 atom stereocenters. The zero-order chi connectivity index (χ0) is 18.6. The summed E-state index contributed by atoms with van der Waals surface area (Å²) in [6.45, 7) is 2.71. The molecular formula is C17H23N5O3S. The smallest absolute Gasteiger partial charge is 0.240 e. The predicted molar refractivity (Wildman–Crippen MR) is 96.3 cm³/mol. The Labute approximate surface area is 153 Å². The molecule has 0 radical (unpaired) electrons. The van der Waals surface area contributed by atoms with Gasteiger partial charge in [-0.15, -0.1) is 5.10 Å². The maximum Gasteiger partial charge on any atom is 0.240 e. The standard InChI is InChI=1S/C17H23N5O3S/c1-14(17(23)21-11-7-2-3-8-12-21)26(24,25)13-16-18-19-20-22(16)15-9-5-4-6-10-15/h4-6,9-10,14H,2-3,7-8,11-13H2,1H3/t14-/m0/s1. The molecule has 0 bridgehead atoms. The van der Waals surface area contributed by atoms with Crippen molar-refractivity contribution in [2.45, 2.75) is 43.6 Å². The molecule has 8 nitrogen and oxygen atoms in total. The second-order valence-electron chi connectivity index (χ2n) is 6.53. The molecule has 1 aromatic carbocycles. The number of likely N-dealkylation sites (tertiary alicyclic amines) is 1. The summed E-state index contributed by atoms with van der Waals surface area (Å²) < 4.78 is 27.0. The first kappa shape index (κ1) is 18.5. The van der Waals surface area contributed by atoms with Crippen LogP contribution >= 0.6 is 0 Å². The number of aromatic nitrogens is 4. The van der Waals surface area contributed by atoms with Crippen LogP contribution in [0, 0.1) is 0 Å². The van der Waals surface area contributed by atoms with E-state index in [0.717, 1.165) is 25.7 Å². The number of benzene rings is 1. The van der Waals surface area contributed by atoms with E-state index in [2.05, 4.69) is 15.5 Å². The van der Waals surface area contributed by atoms with Crippen LogP contribution < -0.4 is 0 Å². The second kappa shape index (κ2) is 7.94. The lowest BCUT2D eigenvalue weighted by Gasteiger charge is -2.24. The van der Waals surface area contributed by atoms with Gasteiger partial charge in [-0.05, 0) is 42.3 Å². The third-order valence-corrected chi connectivity index (χ3v) is 6.61. The SMILES string of the molecule is C[C@@H](C(=O)N1CCCCCC1)S(=O)(=O)Cc1nnnn1-c1ccccc1. The predicted octanol–water partition coefficient (Wildman–Crippen LogP) is 1.37. The molecule has 0 saturated carbocycles. The molecule has 1 saturated heterocycles. The number of carbonyl (C=O) groups excluding carboxylic acids is 1. The number of nitrogens with zero attached hydrogens (tertiary/aromatic N) is 5. The maximum absolute atomic E-state index is 12.8. The fourth-order valence-electron chi connectivity index (χ4n) is 3.07. The number of para-hydroxylation sites is 1. The molecule has 0 spiro atoms. The van der Waals surface area contributed by atoms with Gasteiger partial charge in [0.05, 0.1) is 5.69 Å². The van der Waals surface area contributed by atoms with Gasteiger partial charge in [-0.2, -0.15) is 4.68 Å². The first-order chi connectivity index (χ1) is 12.5. The van der Waals surface area contributed by atoms with E-state index in [9.17, 15) is 13.2 Å². The van der Waals surface area contributed by atoms with Crippen LogP contribution in [0.15, 0.2) is 30.3 Å². The Morgan fingerprint density at radius 3 is 2.42 bits per heavy atom. The summed E-state index contributed by atoms with van der Waals surface area (Å²) in [6.07, 6.45) is 4.00. The summed E-state index contributed by atoms with van der Waals surface area (Å²) in [7, 11) is -3.73. The van der Waals surface area contributed by atoms with Gasteiger partial charge in [0.2, 0.25) is 5.91 Å². The third kappa shape index (κ3) is 4.09. The van der Waals surface area contributed by atoms with Crippen LogP contribution in [0.5, 0.6) is 0 Å². The van der Waals surface area contributed by atoms with Crippen molar-refractivity contribution in [3.8, 4) is 5.69 Å². The largest absolute Gasteiger partial charge is 0.342 e. The topological polar surface area (TPSA) is 98.1 Å². The van der Waals surface area contributed by atoms with E-state index in [1.165, 1.54) is 11.6 Å². The normalized spacial score (nSPS) is 16.9. The number of carbonyl (C=O) groups is 1. The Morgan fingerprint density at radius 1 is 1.12 bits per heavy atom. The van der Waals surface area contributed by atoms with Gasteiger partial charge in [0.15, 0.2) is 15.7 Å². The number of hydrogen-bond acceptors (Lipinski definition) is 6. The van der Waals surface area contributed by atoms with E-state index in [0.29, 0.717) is 18.8 Å². The van der Waals surface area contributed by atoms with Crippen LogP contribution in [0.1, 0.15) is 38.4 Å². The maximum atomic E-state index is 12.8. The number of tetrazole rings is 1. The molecule has 1 fully saturated rings. The molecule has 0 N–H and O–H groups in total. The molecule has 2 heterocycles. The fraction of sp³-hybridized carbons (Fsp3) is 0.529. The summed E-state index contributed by atoms with van der Waals surface area (Å²) in [4.78, 5) is 14.3. The summed E-state index contributed by atoms with van der Waals surface area (Å²) in [5.74, 6) is -0.507. The Kier molecular flexibility index (Phi) is 5.65. The van der Waals surface area contributed by atoms with Crippen LogP contribution in [0.4, 0.5) is 0 Å². The number of amides is 1. The molecule has 0 unspecified atom stereocenters. The highest BCUT2D eigenvalue weighted by atomic mass is 32.2. The number of hydrogen-bond donors (Lipinski definition) is 0. The second-order valence-corrected chi connectivity index (χ2v) is 8.85. The van der Waals surface area contributed by atoms with Crippen LogP contribution in [0.2, 0.25) is 0 Å². The van der Waals surface area contributed by atoms with E-state index >= 15 is 0 Å². The average Bonchev–Trinajstić information content (AvgIpc) is 2.92. The average molecular weight is 377 g/mol. The van der Waals surface area contributed by atoms with Crippen molar-refractivity contribution in [1.82, 2.24) is 25.1 Å². The minimum absolute atomic E-state index is 0.201. The summed E-state index contributed by atoms with van der Waals surface area (Å²) >= 11 is 0. The quantitative estimate of drug-likeness (QED) is 0.780. The van der Waals surface area contributed by atoms with Crippen molar-refractivity contribution in [1.29, 1.82) is 0 Å². The molecule has 26 heavy (non-hydrogen) atoms. The lowest BCUT2D eigenvalue weighted by Crippen LogP contribution is -2.42. The molecule has 0 aliphatic carbocycles. The number of sulfone groups is 1. The van der Waals surface area contributed by atoms with E-state index in [1.807, 2.05) is 18.2 Å². The lowest BCUT2D eigenvalue weighted by molar-refractivity contribution is -0.130. The van der Waals surface area contributed by atoms with Gasteiger partial charge < -0.3 is 4.90 Å². The van der Waals surface area contributed by atoms with Gasteiger partial charge in [0.1, 0.15) is 11.0 Å². The highest BCUT2D eigenvalue weighted by Gasteiger charge is 2.33. The molecule has 1 aromatic heterocycles. The molecule has 9 heteroatoms. The van der Waals surface area contributed by atoms with E-state index in [1.54, 1.807) is 17.0 Å². The van der Waals surface area contributed by atoms with Crippen LogP contribution in [0.25, 0.3) is 5.69 Å². The first-order valence-corrected chi connectivity index (χ1v) is 10.5. The van der Waals surface area contributed by atoms with Crippen molar-refractivity contribution in [2.75, 3.05) is 13.1 Å². The highest BCUT2D eigenvalue weighted by Crippen LogP contribution is 2.17. The van der Waals surface area contributed by atoms with Crippen molar-refractivity contribution >= 4 is 15.7 Å². The van der Waals surface area contributed by atoms with E-state index < -0.39 is 15.1 Å². The minimum Gasteiger partial charge on any atom is -0.342 e. The van der Waals surface area contributed by atoms with E-state index in [-0.39, 0.29) is 17.5 Å². The van der Waals surface area contributed by atoms with Gasteiger partial charge >= 0.3 is 0 Å². The van der Waals surface area contributed by atoms with Crippen molar-refractivity contribution in [2.24, 2.45) is 0 Å². The molecule has 1 amide bonds. The Hall–Kier alpha value is -2.29. The zero-order valence-corrected chi connectivity index (χ0v) is 15.6. The molecule has 1 aliphatic rings. The molecule has 3 rings (SSSR count). The summed E-state index contributed by atoms with van der Waals surface area (Å²) in [5.41, 5.74) is 0.675. The lowest BCUT2D eigenvalue weighted by atomic mass is 10.2. The van der Waals surface area contributed by atoms with E-state index in [4.69, 9.17) is 0 Å². The van der Waals surface area contributed by atoms with Crippen LogP contribution in [0.3, 0.4) is 0 Å². The molecule has 140 valence electrons. The first-order valence-electron chi connectivity index (χ1n) is 8.82. The monoisotopic (exact) mass is 377 g/mol. The molecular weight excluding hydrogens is 354 g/mol. The van der Waals surface area contributed by atoms with Gasteiger partial charge in [-0.3, -0.25) is 4.79 Å². The Morgan fingerprint density at radius 2 is 1.77 bits per heavy atom. The Bertz CT molecular complexity index is 842. The van der Waals surface area contributed by atoms with Crippen LogP contribution in [-0.2, 0) is 20.4 Å². The van der Waals surface area contributed by atoms with Crippen LogP contribution in [-0.4, -0.2) is 57.8 Å². The minimum atomic E-state index is -3.73. The van der Waals surface area contributed by atoms with Crippen molar-refractivity contribution in [3.05, 3.63) is 36.2 Å². The van der Waals surface area contributed by atoms with Gasteiger partial charge in [0, 0.05) is 13.1 Å². The number of rotatable bonds is 5. The van der Waals surface area contributed by atoms with Gasteiger partial charge in [-0.1, -0.05) is 31.0 Å². The van der Waals surface area contributed by atoms with Crippen molar-refractivity contribution < 1.29 is 13.2 Å². The Balaban J connectivity index is 1.77. The third-order valence-electron chi connectivity index (χ3n) is 4.67.